The van der Waals surface area contributed by atoms with Crippen LogP contribution >= 0.6 is 0 Å². The third-order valence-electron chi connectivity index (χ3n) is 5.55. The predicted octanol–water partition coefficient (Wildman–Crippen LogP) is 1.57. The van der Waals surface area contributed by atoms with Crippen molar-refractivity contribution in [1.82, 2.24) is 19.8 Å². The number of likely N-dealkylation sites (N-methyl/N-ethyl adjacent to an activating group) is 1. The zero-order valence-electron chi connectivity index (χ0n) is 15.1. The van der Waals surface area contributed by atoms with Crippen LogP contribution in [0.2, 0.25) is 0 Å². The van der Waals surface area contributed by atoms with E-state index in [-0.39, 0.29) is 11.9 Å². The van der Waals surface area contributed by atoms with Crippen molar-refractivity contribution < 1.29 is 4.79 Å². The molecule has 0 bridgehead atoms. The number of aromatic nitrogens is 2. The first-order valence-electron chi connectivity index (χ1n) is 9.29. The van der Waals surface area contributed by atoms with Gasteiger partial charge in [0.25, 0.3) is 0 Å². The van der Waals surface area contributed by atoms with Gasteiger partial charge in [-0.2, -0.15) is 5.26 Å². The van der Waals surface area contributed by atoms with Gasteiger partial charge in [-0.25, -0.2) is 4.98 Å². The number of fused-ring (bicyclic) bond motifs is 1. The number of rotatable bonds is 2. The third kappa shape index (κ3) is 2.90. The molecule has 2 aromatic heterocycles. The lowest BCUT2D eigenvalue weighted by molar-refractivity contribution is -0.132. The van der Waals surface area contributed by atoms with Crippen molar-refractivity contribution in [3.63, 3.8) is 0 Å². The van der Waals surface area contributed by atoms with Crippen molar-refractivity contribution in [2.75, 3.05) is 44.7 Å². The first kappa shape index (κ1) is 16.9. The van der Waals surface area contributed by atoms with E-state index in [4.69, 9.17) is 0 Å². The molecule has 136 valence electrons. The van der Waals surface area contributed by atoms with Gasteiger partial charge in [0, 0.05) is 38.6 Å². The lowest BCUT2D eigenvalue weighted by atomic mass is 10.1. The Hall–Kier alpha value is -2.59. The van der Waals surface area contributed by atoms with Crippen LogP contribution in [0.25, 0.3) is 11.0 Å². The normalized spacial score (nSPS) is 21.8. The second-order valence-corrected chi connectivity index (χ2v) is 7.20. The summed E-state index contributed by atoms with van der Waals surface area (Å²) in [4.78, 5) is 27.1. The zero-order valence-corrected chi connectivity index (χ0v) is 15.1. The molecule has 7 heteroatoms. The van der Waals surface area contributed by atoms with Crippen molar-refractivity contribution in [3.8, 4) is 6.07 Å². The monoisotopic (exact) mass is 352 g/mol. The summed E-state index contributed by atoms with van der Waals surface area (Å²) in [5, 5.41) is 10.3. The summed E-state index contributed by atoms with van der Waals surface area (Å²) >= 11 is 0. The summed E-state index contributed by atoms with van der Waals surface area (Å²) in [6.07, 6.45) is 6.31. The molecular formula is C19H24N6O. The Kier molecular flexibility index (Phi) is 4.51. The van der Waals surface area contributed by atoms with E-state index in [2.05, 4.69) is 32.9 Å². The Bertz CT molecular complexity index is 853. The molecule has 2 aliphatic heterocycles. The van der Waals surface area contributed by atoms with Crippen LogP contribution < -0.4 is 4.90 Å². The minimum Gasteiger partial charge on any atom is -0.359 e. The molecule has 1 atom stereocenters. The average Bonchev–Trinajstić information content (AvgIpc) is 3.25. The van der Waals surface area contributed by atoms with Crippen LogP contribution in [0.1, 0.15) is 24.8 Å². The number of carbonyl (C=O) groups excluding carboxylic acids is 1. The second-order valence-electron chi connectivity index (χ2n) is 7.20. The van der Waals surface area contributed by atoms with Gasteiger partial charge in [-0.15, -0.1) is 0 Å². The summed E-state index contributed by atoms with van der Waals surface area (Å²) in [7, 11) is 2.11. The van der Waals surface area contributed by atoms with Crippen LogP contribution in [0.5, 0.6) is 0 Å². The van der Waals surface area contributed by atoms with Crippen molar-refractivity contribution in [2.45, 2.75) is 25.3 Å². The second kappa shape index (κ2) is 6.96. The van der Waals surface area contributed by atoms with Gasteiger partial charge in [0.1, 0.15) is 17.8 Å². The molecular weight excluding hydrogens is 328 g/mol. The fourth-order valence-corrected chi connectivity index (χ4v) is 4.16. The van der Waals surface area contributed by atoms with E-state index < -0.39 is 0 Å². The fourth-order valence-electron chi connectivity index (χ4n) is 4.16. The number of nitriles is 1. The van der Waals surface area contributed by atoms with E-state index in [0.29, 0.717) is 11.2 Å². The zero-order chi connectivity index (χ0) is 18.1. The van der Waals surface area contributed by atoms with E-state index >= 15 is 0 Å². The molecule has 0 unspecified atom stereocenters. The molecule has 2 aromatic rings. The van der Waals surface area contributed by atoms with Gasteiger partial charge < -0.3 is 19.7 Å². The number of anilines is 1. The van der Waals surface area contributed by atoms with Crippen molar-refractivity contribution >= 4 is 22.6 Å². The minimum absolute atomic E-state index is 0.148. The largest absolute Gasteiger partial charge is 0.359 e. The van der Waals surface area contributed by atoms with Gasteiger partial charge in [-0.1, -0.05) is 0 Å². The molecule has 7 nitrogen and oxygen atoms in total. The molecule has 26 heavy (non-hydrogen) atoms. The quantitative estimate of drug-likeness (QED) is 0.887. The fraction of sp³-hybridized carbons (Fsp3) is 0.526. The van der Waals surface area contributed by atoms with Crippen molar-refractivity contribution in [3.05, 3.63) is 24.0 Å². The van der Waals surface area contributed by atoms with Gasteiger partial charge >= 0.3 is 0 Å². The van der Waals surface area contributed by atoms with Crippen molar-refractivity contribution in [2.24, 2.45) is 0 Å². The molecule has 0 spiro atoms. The number of carbonyl (C=O) groups is 1. The molecule has 2 fully saturated rings. The first-order valence-corrected chi connectivity index (χ1v) is 9.29. The number of hydrogen-bond acceptors (Lipinski definition) is 5. The standard InChI is InChI=1S/C19H24N6O/c1-23-7-3-8-24(11-10-23)19(26)16-4-2-9-25(16)15-5-6-21-18-17(15)14(12-20)13-22-18/h5-6,13,16H,2-4,7-11H2,1H3,(H,21,22)/t16-/m0/s1. The van der Waals surface area contributed by atoms with Crippen LogP contribution in [0.3, 0.4) is 0 Å². The lowest BCUT2D eigenvalue weighted by Gasteiger charge is -2.31. The van der Waals surface area contributed by atoms with Crippen LogP contribution in [0.15, 0.2) is 18.5 Å². The van der Waals surface area contributed by atoms with Crippen molar-refractivity contribution in [1.29, 1.82) is 5.26 Å². The highest BCUT2D eigenvalue weighted by Crippen LogP contribution is 2.33. The SMILES string of the molecule is CN1CCCN(C(=O)[C@@H]2CCCN2c2ccnc3[nH]cc(C#N)c23)CC1. The number of H-pyrrole nitrogens is 1. The van der Waals surface area contributed by atoms with Crippen LogP contribution in [-0.2, 0) is 4.79 Å². The highest BCUT2D eigenvalue weighted by atomic mass is 16.2. The maximum absolute atomic E-state index is 13.2. The lowest BCUT2D eigenvalue weighted by Crippen LogP contribution is -2.47. The summed E-state index contributed by atoms with van der Waals surface area (Å²) in [5.74, 6) is 0.219. The van der Waals surface area contributed by atoms with Gasteiger partial charge in [0.15, 0.2) is 0 Å². The van der Waals surface area contributed by atoms with Crippen LogP contribution in [0.4, 0.5) is 5.69 Å². The number of hydrogen-bond donors (Lipinski definition) is 1. The topological polar surface area (TPSA) is 79.3 Å². The summed E-state index contributed by atoms with van der Waals surface area (Å²) < 4.78 is 0. The van der Waals surface area contributed by atoms with Crippen LogP contribution in [-0.4, -0.2) is 71.5 Å². The minimum atomic E-state index is -0.148. The number of nitrogens with one attached hydrogen (secondary N) is 1. The van der Waals surface area contributed by atoms with Gasteiger partial charge in [-0.3, -0.25) is 4.79 Å². The summed E-state index contributed by atoms with van der Waals surface area (Å²) in [5.41, 5.74) is 2.22. The number of nitrogens with zero attached hydrogens (tertiary/aromatic N) is 5. The van der Waals surface area contributed by atoms with E-state index in [1.54, 1.807) is 12.4 Å². The molecule has 0 saturated carbocycles. The molecule has 0 aliphatic carbocycles. The van der Waals surface area contributed by atoms with Gasteiger partial charge in [-0.05, 0) is 38.9 Å². The van der Waals surface area contributed by atoms with E-state index in [1.807, 2.05) is 11.0 Å². The Morgan fingerprint density at radius 2 is 2.15 bits per heavy atom. The number of pyridine rings is 1. The molecule has 4 heterocycles. The predicted molar refractivity (Wildman–Crippen MR) is 99.9 cm³/mol. The Balaban J connectivity index is 1.64. The highest BCUT2D eigenvalue weighted by Gasteiger charge is 2.35. The average molecular weight is 352 g/mol. The summed E-state index contributed by atoms with van der Waals surface area (Å²) in [6, 6.07) is 4.02. The van der Waals surface area contributed by atoms with E-state index in [1.165, 1.54) is 0 Å². The maximum atomic E-state index is 13.2. The smallest absolute Gasteiger partial charge is 0.245 e. The summed E-state index contributed by atoms with van der Waals surface area (Å²) in [6.45, 7) is 4.41. The first-order chi connectivity index (χ1) is 12.7. The molecule has 0 radical (unpaired) electrons. The molecule has 1 amide bonds. The molecule has 4 rings (SSSR count). The van der Waals surface area contributed by atoms with Crippen LogP contribution in [0, 0.1) is 11.3 Å². The Labute approximate surface area is 153 Å². The number of amides is 1. The van der Waals surface area contributed by atoms with Gasteiger partial charge in [0.05, 0.1) is 16.6 Å². The van der Waals surface area contributed by atoms with E-state index in [9.17, 15) is 10.1 Å². The van der Waals surface area contributed by atoms with E-state index in [0.717, 1.165) is 63.1 Å². The third-order valence-corrected chi connectivity index (χ3v) is 5.55. The maximum Gasteiger partial charge on any atom is 0.245 e. The molecule has 2 saturated heterocycles. The Morgan fingerprint density at radius 1 is 1.27 bits per heavy atom. The molecule has 1 N–H and O–H groups in total. The molecule has 2 aliphatic rings. The molecule has 0 aromatic carbocycles. The Morgan fingerprint density at radius 3 is 3.00 bits per heavy atom. The number of aromatic amines is 1. The van der Waals surface area contributed by atoms with Gasteiger partial charge in [0.2, 0.25) is 5.91 Å². The highest BCUT2D eigenvalue weighted by molar-refractivity contribution is 5.97.